The third-order valence-corrected chi connectivity index (χ3v) is 7.21. The quantitative estimate of drug-likeness (QED) is 0.753. The molecule has 1 saturated heterocycles. The lowest BCUT2D eigenvalue weighted by Crippen LogP contribution is -2.51. The molecule has 0 aliphatic carbocycles. The van der Waals surface area contributed by atoms with Crippen molar-refractivity contribution in [2.24, 2.45) is 0 Å². The molecular weight excluding hydrogens is 368 g/mol. The molecule has 1 fully saturated rings. The number of aryl methyl sites for hydroxylation is 1. The fourth-order valence-corrected chi connectivity index (χ4v) is 4.89. The van der Waals surface area contributed by atoms with Gasteiger partial charge in [-0.15, -0.1) is 0 Å². The van der Waals surface area contributed by atoms with Crippen LogP contribution in [0.4, 0.5) is 0 Å². The fourth-order valence-electron chi connectivity index (χ4n) is 3.34. The molecule has 0 aromatic heterocycles. The molecule has 0 bridgehead atoms. The Bertz CT molecular complexity index is 801. The van der Waals surface area contributed by atoms with Gasteiger partial charge in [-0.3, -0.25) is 4.90 Å². The standard InChI is InChI=1S/C20H25ClN2O2S/c1-17(7-8-18-5-3-2-4-6-18)22-13-15-23(16-14-22)26(24,25)20-11-9-19(21)10-12-20/h2-6,9-12,17H,7-8,13-16H2,1H3. The van der Waals surface area contributed by atoms with Gasteiger partial charge in [-0.05, 0) is 49.6 Å². The third kappa shape index (κ3) is 4.65. The number of hydrogen-bond acceptors (Lipinski definition) is 3. The molecule has 1 unspecified atom stereocenters. The Morgan fingerprint density at radius 3 is 2.19 bits per heavy atom. The summed E-state index contributed by atoms with van der Waals surface area (Å²) in [5.41, 5.74) is 1.35. The average molecular weight is 393 g/mol. The highest BCUT2D eigenvalue weighted by molar-refractivity contribution is 7.89. The third-order valence-electron chi connectivity index (χ3n) is 5.04. The maximum absolute atomic E-state index is 12.8. The molecule has 0 spiro atoms. The molecule has 1 atom stereocenters. The first-order chi connectivity index (χ1) is 12.5. The Morgan fingerprint density at radius 2 is 1.58 bits per heavy atom. The molecule has 3 rings (SSSR count). The van der Waals surface area contributed by atoms with Crippen LogP contribution in [-0.4, -0.2) is 49.8 Å². The van der Waals surface area contributed by atoms with E-state index in [1.807, 2.05) is 6.07 Å². The SMILES string of the molecule is CC(CCc1ccccc1)N1CCN(S(=O)(=O)c2ccc(Cl)cc2)CC1. The van der Waals surface area contributed by atoms with Crippen LogP contribution in [-0.2, 0) is 16.4 Å². The highest BCUT2D eigenvalue weighted by atomic mass is 35.5. The van der Waals surface area contributed by atoms with E-state index in [1.165, 1.54) is 5.56 Å². The van der Waals surface area contributed by atoms with E-state index in [4.69, 9.17) is 11.6 Å². The van der Waals surface area contributed by atoms with Crippen molar-refractivity contribution in [3.63, 3.8) is 0 Å². The molecule has 2 aromatic rings. The molecule has 0 saturated carbocycles. The first-order valence-electron chi connectivity index (χ1n) is 9.00. The Morgan fingerprint density at radius 1 is 0.962 bits per heavy atom. The van der Waals surface area contributed by atoms with Gasteiger partial charge in [-0.25, -0.2) is 8.42 Å². The van der Waals surface area contributed by atoms with Gasteiger partial charge in [0.15, 0.2) is 0 Å². The van der Waals surface area contributed by atoms with Crippen molar-refractivity contribution in [1.82, 2.24) is 9.21 Å². The highest BCUT2D eigenvalue weighted by Crippen LogP contribution is 2.21. The van der Waals surface area contributed by atoms with E-state index >= 15 is 0 Å². The second-order valence-electron chi connectivity index (χ2n) is 6.77. The van der Waals surface area contributed by atoms with Crippen LogP contribution in [0.25, 0.3) is 0 Å². The summed E-state index contributed by atoms with van der Waals surface area (Å²) >= 11 is 5.86. The van der Waals surface area contributed by atoms with Gasteiger partial charge in [0.05, 0.1) is 4.90 Å². The van der Waals surface area contributed by atoms with E-state index < -0.39 is 10.0 Å². The summed E-state index contributed by atoms with van der Waals surface area (Å²) in [6.07, 6.45) is 2.12. The molecule has 26 heavy (non-hydrogen) atoms. The van der Waals surface area contributed by atoms with Crippen molar-refractivity contribution < 1.29 is 8.42 Å². The minimum absolute atomic E-state index is 0.312. The molecule has 4 nitrogen and oxygen atoms in total. The van der Waals surface area contributed by atoms with E-state index in [0.717, 1.165) is 25.9 Å². The highest BCUT2D eigenvalue weighted by Gasteiger charge is 2.29. The van der Waals surface area contributed by atoms with Gasteiger partial charge in [-0.2, -0.15) is 4.31 Å². The number of rotatable bonds is 6. The summed E-state index contributed by atoms with van der Waals surface area (Å²) in [5, 5.41) is 0.543. The van der Waals surface area contributed by atoms with Gasteiger partial charge in [0.1, 0.15) is 0 Å². The zero-order chi connectivity index (χ0) is 18.6. The average Bonchev–Trinajstić information content (AvgIpc) is 2.67. The zero-order valence-corrected chi connectivity index (χ0v) is 16.6. The number of halogens is 1. The summed E-state index contributed by atoms with van der Waals surface area (Å²) in [5.74, 6) is 0. The van der Waals surface area contributed by atoms with Gasteiger partial charge in [-0.1, -0.05) is 41.9 Å². The van der Waals surface area contributed by atoms with Crippen LogP contribution in [0.15, 0.2) is 59.5 Å². The van der Waals surface area contributed by atoms with Crippen LogP contribution in [0.5, 0.6) is 0 Å². The van der Waals surface area contributed by atoms with Gasteiger partial charge in [0, 0.05) is 37.2 Å². The zero-order valence-electron chi connectivity index (χ0n) is 15.0. The summed E-state index contributed by atoms with van der Waals surface area (Å²) in [4.78, 5) is 2.70. The molecule has 140 valence electrons. The fraction of sp³-hybridized carbons (Fsp3) is 0.400. The topological polar surface area (TPSA) is 40.6 Å². The van der Waals surface area contributed by atoms with E-state index in [9.17, 15) is 8.42 Å². The monoisotopic (exact) mass is 392 g/mol. The van der Waals surface area contributed by atoms with Crippen LogP contribution < -0.4 is 0 Å². The van der Waals surface area contributed by atoms with Crippen LogP contribution in [0, 0.1) is 0 Å². The molecule has 1 aliphatic rings. The lowest BCUT2D eigenvalue weighted by atomic mass is 10.0. The molecule has 6 heteroatoms. The molecule has 0 amide bonds. The van der Waals surface area contributed by atoms with Crippen molar-refractivity contribution in [2.75, 3.05) is 26.2 Å². The van der Waals surface area contributed by atoms with Crippen LogP contribution in [0.1, 0.15) is 18.9 Å². The van der Waals surface area contributed by atoms with Gasteiger partial charge in [0.2, 0.25) is 10.0 Å². The molecule has 1 heterocycles. The van der Waals surface area contributed by atoms with Crippen LogP contribution >= 0.6 is 11.6 Å². The summed E-state index contributed by atoms with van der Waals surface area (Å²) in [6.45, 7) is 4.82. The van der Waals surface area contributed by atoms with Crippen molar-refractivity contribution in [1.29, 1.82) is 0 Å². The largest absolute Gasteiger partial charge is 0.298 e. The normalized spacial score (nSPS) is 17.9. The Labute approximate surface area is 161 Å². The van der Waals surface area contributed by atoms with Crippen molar-refractivity contribution in [3.8, 4) is 0 Å². The summed E-state index contributed by atoms with van der Waals surface area (Å²) in [6, 6.07) is 17.3. The first-order valence-corrected chi connectivity index (χ1v) is 10.8. The van der Waals surface area contributed by atoms with E-state index in [-0.39, 0.29) is 0 Å². The molecule has 1 aliphatic heterocycles. The maximum atomic E-state index is 12.8. The minimum atomic E-state index is -3.44. The predicted molar refractivity (Wildman–Crippen MR) is 106 cm³/mol. The Balaban J connectivity index is 1.54. The second kappa shape index (κ2) is 8.53. The number of nitrogens with zero attached hydrogens (tertiary/aromatic N) is 2. The lowest BCUT2D eigenvalue weighted by molar-refractivity contribution is 0.140. The second-order valence-corrected chi connectivity index (χ2v) is 9.14. The van der Waals surface area contributed by atoms with Crippen molar-refractivity contribution in [3.05, 3.63) is 65.2 Å². The number of piperazine rings is 1. The smallest absolute Gasteiger partial charge is 0.243 e. The number of sulfonamides is 1. The van der Waals surface area contributed by atoms with Crippen LogP contribution in [0.2, 0.25) is 5.02 Å². The Hall–Kier alpha value is -1.40. The van der Waals surface area contributed by atoms with Crippen molar-refractivity contribution >= 4 is 21.6 Å². The van der Waals surface area contributed by atoms with E-state index in [1.54, 1.807) is 28.6 Å². The minimum Gasteiger partial charge on any atom is -0.298 e. The molecule has 2 aromatic carbocycles. The Kier molecular flexibility index (Phi) is 6.35. The van der Waals surface area contributed by atoms with E-state index in [2.05, 4.69) is 36.1 Å². The van der Waals surface area contributed by atoms with Crippen LogP contribution in [0.3, 0.4) is 0 Å². The van der Waals surface area contributed by atoms with Gasteiger partial charge < -0.3 is 0 Å². The first kappa shape index (κ1) is 19.4. The van der Waals surface area contributed by atoms with Gasteiger partial charge >= 0.3 is 0 Å². The number of benzene rings is 2. The maximum Gasteiger partial charge on any atom is 0.243 e. The molecule has 0 radical (unpaired) electrons. The predicted octanol–water partition coefficient (Wildman–Crippen LogP) is 3.67. The number of hydrogen-bond donors (Lipinski definition) is 0. The van der Waals surface area contributed by atoms with E-state index in [0.29, 0.717) is 29.0 Å². The summed E-state index contributed by atoms with van der Waals surface area (Å²) < 4.78 is 27.1. The molecular formula is C20H25ClN2O2S. The lowest BCUT2D eigenvalue weighted by Gasteiger charge is -2.37. The van der Waals surface area contributed by atoms with Crippen molar-refractivity contribution in [2.45, 2.75) is 30.7 Å². The summed E-state index contributed by atoms with van der Waals surface area (Å²) in [7, 11) is -3.44. The van der Waals surface area contributed by atoms with Gasteiger partial charge in [0.25, 0.3) is 0 Å². The molecule has 0 N–H and O–H groups in total.